The molecule has 1 N–H and O–H groups in total. The highest BCUT2D eigenvalue weighted by atomic mass is 35.5. The van der Waals surface area contributed by atoms with Gasteiger partial charge >= 0.3 is 5.97 Å². The summed E-state index contributed by atoms with van der Waals surface area (Å²) in [4.78, 5) is 28.6. The summed E-state index contributed by atoms with van der Waals surface area (Å²) in [6, 6.07) is 7.01. The number of halogens is 1. The molecule has 0 bridgehead atoms. The van der Waals surface area contributed by atoms with E-state index >= 15 is 0 Å². The van der Waals surface area contributed by atoms with Crippen LogP contribution in [0.15, 0.2) is 24.3 Å². The van der Waals surface area contributed by atoms with Crippen molar-refractivity contribution < 1.29 is 14.3 Å². The Kier molecular flexibility index (Phi) is 7.87. The van der Waals surface area contributed by atoms with Gasteiger partial charge in [0.1, 0.15) is 6.04 Å². The molecule has 2 atom stereocenters. The number of piperazine rings is 1. The molecule has 1 fully saturated rings. The minimum Gasteiger partial charge on any atom is -0.468 e. The average Bonchev–Trinajstić information content (AvgIpc) is 2.64. The van der Waals surface area contributed by atoms with Crippen molar-refractivity contribution >= 4 is 23.5 Å². The van der Waals surface area contributed by atoms with E-state index < -0.39 is 6.04 Å². The summed E-state index contributed by atoms with van der Waals surface area (Å²) in [5.74, 6) is -0.274. The maximum atomic E-state index is 12.4. The molecule has 0 spiro atoms. The van der Waals surface area contributed by atoms with Gasteiger partial charge in [-0.05, 0) is 25.0 Å². The van der Waals surface area contributed by atoms with Crippen LogP contribution in [0.2, 0.25) is 5.02 Å². The first-order chi connectivity index (χ1) is 12.5. The van der Waals surface area contributed by atoms with Gasteiger partial charge in [0.2, 0.25) is 5.91 Å². The predicted molar refractivity (Wildman–Crippen MR) is 102 cm³/mol. The summed E-state index contributed by atoms with van der Waals surface area (Å²) in [7, 11) is 1.39. The summed E-state index contributed by atoms with van der Waals surface area (Å²) < 4.78 is 5.01. The van der Waals surface area contributed by atoms with Crippen LogP contribution in [-0.2, 0) is 14.3 Å². The molecule has 1 aromatic rings. The summed E-state index contributed by atoms with van der Waals surface area (Å²) in [6.07, 6.45) is 0.915. The average molecular weight is 382 g/mol. The molecule has 2 unspecified atom stereocenters. The molecule has 0 aliphatic carbocycles. The number of nitrogens with zero attached hydrogens (tertiary/aromatic N) is 2. The number of nitrogens with one attached hydrogen (secondary N) is 1. The fourth-order valence-electron chi connectivity index (χ4n) is 3.09. The zero-order valence-electron chi connectivity index (χ0n) is 15.7. The SMILES string of the molecule is CCC(C)NC(=O)CN1CCN(C(C(=O)OC)c2ccccc2Cl)CC1. The lowest BCUT2D eigenvalue weighted by Crippen LogP contribution is -2.52. The lowest BCUT2D eigenvalue weighted by atomic mass is 10.0. The van der Waals surface area contributed by atoms with Gasteiger partial charge in [0.05, 0.1) is 13.7 Å². The second kappa shape index (κ2) is 9.90. The first-order valence-electron chi connectivity index (χ1n) is 9.04. The number of benzene rings is 1. The van der Waals surface area contributed by atoms with E-state index in [-0.39, 0.29) is 17.9 Å². The van der Waals surface area contributed by atoms with Gasteiger partial charge in [-0.2, -0.15) is 0 Å². The minimum atomic E-state index is -0.523. The highest BCUT2D eigenvalue weighted by Gasteiger charge is 2.32. The third-order valence-corrected chi connectivity index (χ3v) is 5.13. The van der Waals surface area contributed by atoms with Crippen LogP contribution in [0.1, 0.15) is 31.9 Å². The topological polar surface area (TPSA) is 61.9 Å². The maximum absolute atomic E-state index is 12.4. The Labute approximate surface area is 160 Å². The Balaban J connectivity index is 1.98. The van der Waals surface area contributed by atoms with Gasteiger partial charge < -0.3 is 10.1 Å². The van der Waals surface area contributed by atoms with Crippen molar-refractivity contribution in [3.63, 3.8) is 0 Å². The van der Waals surface area contributed by atoms with Gasteiger partial charge in [-0.25, -0.2) is 4.79 Å². The van der Waals surface area contributed by atoms with E-state index in [0.29, 0.717) is 37.7 Å². The monoisotopic (exact) mass is 381 g/mol. The molecular formula is C19H28ClN3O3. The lowest BCUT2D eigenvalue weighted by Gasteiger charge is -2.38. The van der Waals surface area contributed by atoms with Gasteiger partial charge in [0.25, 0.3) is 0 Å². The van der Waals surface area contributed by atoms with Crippen LogP contribution in [0.25, 0.3) is 0 Å². The molecule has 1 amide bonds. The number of methoxy groups -OCH3 is 1. The van der Waals surface area contributed by atoms with Crippen LogP contribution in [0.3, 0.4) is 0 Å². The molecule has 7 heteroatoms. The van der Waals surface area contributed by atoms with Gasteiger partial charge in [0.15, 0.2) is 0 Å². The number of ether oxygens (including phenoxy) is 1. The largest absolute Gasteiger partial charge is 0.468 e. The quantitative estimate of drug-likeness (QED) is 0.733. The molecule has 1 aliphatic heterocycles. The van der Waals surface area contributed by atoms with Gasteiger partial charge in [-0.15, -0.1) is 0 Å². The number of amides is 1. The zero-order valence-corrected chi connectivity index (χ0v) is 16.5. The molecule has 1 aromatic carbocycles. The molecular weight excluding hydrogens is 354 g/mol. The molecule has 0 radical (unpaired) electrons. The van der Waals surface area contributed by atoms with Crippen molar-refractivity contribution in [2.75, 3.05) is 39.8 Å². The number of esters is 1. The van der Waals surface area contributed by atoms with Crippen LogP contribution in [0.4, 0.5) is 0 Å². The number of hydrogen-bond donors (Lipinski definition) is 1. The van der Waals surface area contributed by atoms with E-state index in [1.807, 2.05) is 32.0 Å². The Morgan fingerprint density at radius 2 is 1.88 bits per heavy atom. The summed E-state index contributed by atoms with van der Waals surface area (Å²) in [5, 5.41) is 3.54. The lowest BCUT2D eigenvalue weighted by molar-refractivity contribution is -0.148. The first-order valence-corrected chi connectivity index (χ1v) is 9.42. The molecule has 1 saturated heterocycles. The van der Waals surface area contributed by atoms with Crippen LogP contribution in [0, 0.1) is 0 Å². The standard InChI is InChI=1S/C19H28ClN3O3/c1-4-14(2)21-17(24)13-22-9-11-23(12-10-22)18(19(25)26-3)15-7-5-6-8-16(15)20/h5-8,14,18H,4,9-13H2,1-3H3,(H,21,24). The van der Waals surface area contributed by atoms with Crippen molar-refractivity contribution in [2.24, 2.45) is 0 Å². The highest BCUT2D eigenvalue weighted by molar-refractivity contribution is 6.31. The zero-order chi connectivity index (χ0) is 19.1. The molecule has 26 heavy (non-hydrogen) atoms. The van der Waals surface area contributed by atoms with Crippen LogP contribution >= 0.6 is 11.6 Å². The number of carbonyl (C=O) groups is 2. The van der Waals surface area contributed by atoms with Gasteiger partial charge in [-0.3, -0.25) is 14.6 Å². The third-order valence-electron chi connectivity index (χ3n) is 4.78. The summed E-state index contributed by atoms with van der Waals surface area (Å²) in [5.41, 5.74) is 0.754. The van der Waals surface area contributed by atoms with Gasteiger partial charge in [-0.1, -0.05) is 36.7 Å². The fourth-order valence-corrected chi connectivity index (χ4v) is 3.33. The Hall–Kier alpha value is -1.63. The number of carbonyl (C=O) groups excluding carboxylic acids is 2. The number of rotatable bonds is 7. The highest BCUT2D eigenvalue weighted by Crippen LogP contribution is 2.29. The molecule has 144 valence electrons. The Bertz CT molecular complexity index is 618. The second-order valence-electron chi connectivity index (χ2n) is 6.64. The van der Waals surface area contributed by atoms with E-state index in [0.717, 1.165) is 12.0 Å². The van der Waals surface area contributed by atoms with Gasteiger partial charge in [0, 0.05) is 37.2 Å². The van der Waals surface area contributed by atoms with Crippen LogP contribution < -0.4 is 5.32 Å². The normalized spacial score (nSPS) is 18.2. The summed E-state index contributed by atoms with van der Waals surface area (Å²) in [6.45, 7) is 7.19. The van der Waals surface area contributed by atoms with Crippen molar-refractivity contribution in [1.29, 1.82) is 0 Å². The Morgan fingerprint density at radius 3 is 2.46 bits per heavy atom. The van der Waals surface area contributed by atoms with E-state index in [1.165, 1.54) is 7.11 Å². The van der Waals surface area contributed by atoms with E-state index in [9.17, 15) is 9.59 Å². The van der Waals surface area contributed by atoms with Crippen molar-refractivity contribution in [3.05, 3.63) is 34.9 Å². The molecule has 2 rings (SSSR count). The molecule has 1 aliphatic rings. The fraction of sp³-hybridized carbons (Fsp3) is 0.579. The van der Waals surface area contributed by atoms with Crippen molar-refractivity contribution in [2.45, 2.75) is 32.4 Å². The van der Waals surface area contributed by atoms with Crippen LogP contribution in [0.5, 0.6) is 0 Å². The minimum absolute atomic E-state index is 0.0448. The first kappa shape index (κ1) is 20.7. The van der Waals surface area contributed by atoms with E-state index in [4.69, 9.17) is 16.3 Å². The smallest absolute Gasteiger partial charge is 0.327 e. The summed E-state index contributed by atoms with van der Waals surface area (Å²) >= 11 is 6.30. The molecule has 1 heterocycles. The van der Waals surface area contributed by atoms with E-state index in [2.05, 4.69) is 15.1 Å². The predicted octanol–water partition coefficient (Wildman–Crippen LogP) is 2.09. The molecule has 0 aromatic heterocycles. The third kappa shape index (κ3) is 5.43. The maximum Gasteiger partial charge on any atom is 0.327 e. The molecule has 0 saturated carbocycles. The Morgan fingerprint density at radius 1 is 1.23 bits per heavy atom. The molecule has 6 nitrogen and oxygen atoms in total. The second-order valence-corrected chi connectivity index (χ2v) is 7.04. The van der Waals surface area contributed by atoms with Crippen molar-refractivity contribution in [1.82, 2.24) is 15.1 Å². The van der Waals surface area contributed by atoms with E-state index in [1.54, 1.807) is 6.07 Å². The van der Waals surface area contributed by atoms with Crippen molar-refractivity contribution in [3.8, 4) is 0 Å². The number of hydrogen-bond acceptors (Lipinski definition) is 5. The van der Waals surface area contributed by atoms with Crippen LogP contribution in [-0.4, -0.2) is 67.6 Å².